The van der Waals surface area contributed by atoms with Crippen LogP contribution in [0.2, 0.25) is 0 Å². The third-order valence-electron chi connectivity index (χ3n) is 3.03. The van der Waals surface area contributed by atoms with Crippen LogP contribution in [0.3, 0.4) is 0 Å². The van der Waals surface area contributed by atoms with E-state index in [9.17, 15) is 0 Å². The maximum Gasteiger partial charge on any atom is 0.0850 e. The molecule has 0 rings (SSSR count). The molecule has 1 unspecified atom stereocenters. The molecular formula is C14H28ClI. The van der Waals surface area contributed by atoms with E-state index in [1.54, 1.807) is 0 Å². The number of halogens is 2. The second kappa shape index (κ2) is 14.1. The zero-order valence-electron chi connectivity index (χ0n) is 10.8. The molecule has 0 heterocycles. The smallest absolute Gasteiger partial charge is 0.0850 e. The van der Waals surface area contributed by atoms with E-state index in [0.717, 1.165) is 0 Å². The molecule has 0 aromatic heterocycles. The lowest BCUT2D eigenvalue weighted by atomic mass is 10.1. The van der Waals surface area contributed by atoms with E-state index in [1.807, 2.05) is 0 Å². The Hall–Kier alpha value is 1.02. The van der Waals surface area contributed by atoms with Gasteiger partial charge in [0.05, 0.1) is 3.38 Å². The van der Waals surface area contributed by atoms with Gasteiger partial charge in [-0.05, 0) is 6.42 Å². The summed E-state index contributed by atoms with van der Waals surface area (Å²) in [7, 11) is 0. The van der Waals surface area contributed by atoms with Gasteiger partial charge < -0.3 is 0 Å². The zero-order valence-corrected chi connectivity index (χ0v) is 13.7. The predicted octanol–water partition coefficient (Wildman–Crippen LogP) is 6.69. The number of alkyl halides is 2. The first-order valence-corrected chi connectivity index (χ1v) is 8.73. The lowest BCUT2D eigenvalue weighted by Gasteiger charge is -2.03. The summed E-state index contributed by atoms with van der Waals surface area (Å²) in [6.07, 6.45) is 16.8. The Balaban J connectivity index is 2.88. The first-order valence-electron chi connectivity index (χ1n) is 7.05. The molecule has 0 radical (unpaired) electrons. The Morgan fingerprint density at radius 3 is 1.50 bits per heavy atom. The van der Waals surface area contributed by atoms with Gasteiger partial charge in [-0.15, -0.1) is 11.6 Å². The fraction of sp³-hybridized carbons (Fsp3) is 1.00. The number of hydrogen-bond donors (Lipinski definition) is 0. The standard InChI is InChI=1S/C14H28ClI/c1-2-3-4-5-6-7-8-9-10-11-12-13-14(15)16/h14H,2-13H2,1H3. The van der Waals surface area contributed by atoms with Crippen molar-refractivity contribution < 1.29 is 0 Å². The summed E-state index contributed by atoms with van der Waals surface area (Å²) in [4.78, 5) is 0. The minimum Gasteiger partial charge on any atom is -0.111 e. The first kappa shape index (κ1) is 17.0. The van der Waals surface area contributed by atoms with Crippen molar-refractivity contribution in [3.05, 3.63) is 0 Å². The largest absolute Gasteiger partial charge is 0.111 e. The first-order chi connectivity index (χ1) is 7.77. The molecule has 0 aliphatic rings. The molecule has 0 N–H and O–H groups in total. The quantitative estimate of drug-likeness (QED) is 0.207. The minimum absolute atomic E-state index is 0.344. The van der Waals surface area contributed by atoms with Gasteiger partial charge in [-0.25, -0.2) is 0 Å². The summed E-state index contributed by atoms with van der Waals surface area (Å²) < 4.78 is 0.344. The van der Waals surface area contributed by atoms with Gasteiger partial charge in [-0.1, -0.05) is 100 Å². The highest BCUT2D eigenvalue weighted by atomic mass is 127. The number of hydrogen-bond acceptors (Lipinski definition) is 0. The predicted molar refractivity (Wildman–Crippen MR) is 84.7 cm³/mol. The molecular weight excluding hydrogens is 331 g/mol. The van der Waals surface area contributed by atoms with Crippen molar-refractivity contribution in [2.24, 2.45) is 0 Å². The SMILES string of the molecule is CCCCCCCCCCCCCC(Cl)I. The van der Waals surface area contributed by atoms with Crippen LogP contribution in [0.15, 0.2) is 0 Å². The molecule has 0 amide bonds. The van der Waals surface area contributed by atoms with Crippen LogP contribution in [0, 0.1) is 0 Å². The normalized spacial score (nSPS) is 12.9. The van der Waals surface area contributed by atoms with Gasteiger partial charge in [-0.3, -0.25) is 0 Å². The van der Waals surface area contributed by atoms with E-state index in [4.69, 9.17) is 11.6 Å². The van der Waals surface area contributed by atoms with Crippen molar-refractivity contribution in [2.75, 3.05) is 0 Å². The third kappa shape index (κ3) is 15.0. The zero-order chi connectivity index (χ0) is 12.1. The Morgan fingerprint density at radius 1 is 0.750 bits per heavy atom. The topological polar surface area (TPSA) is 0 Å². The van der Waals surface area contributed by atoms with Gasteiger partial charge in [0.1, 0.15) is 0 Å². The molecule has 0 saturated heterocycles. The Bertz CT molecular complexity index is 126. The maximum absolute atomic E-state index is 5.89. The summed E-state index contributed by atoms with van der Waals surface area (Å²) in [6.45, 7) is 2.28. The summed E-state index contributed by atoms with van der Waals surface area (Å²) in [6, 6.07) is 0. The van der Waals surface area contributed by atoms with E-state index in [2.05, 4.69) is 29.5 Å². The summed E-state index contributed by atoms with van der Waals surface area (Å²) >= 11 is 8.19. The van der Waals surface area contributed by atoms with Gasteiger partial charge in [0.15, 0.2) is 0 Å². The maximum atomic E-state index is 5.89. The second-order valence-electron chi connectivity index (χ2n) is 4.72. The number of rotatable bonds is 12. The molecule has 0 aromatic carbocycles. The van der Waals surface area contributed by atoms with E-state index < -0.39 is 0 Å². The molecule has 0 bridgehead atoms. The van der Waals surface area contributed by atoms with Gasteiger partial charge in [-0.2, -0.15) is 0 Å². The van der Waals surface area contributed by atoms with Gasteiger partial charge in [0, 0.05) is 0 Å². The van der Waals surface area contributed by atoms with Crippen LogP contribution in [-0.2, 0) is 0 Å². The van der Waals surface area contributed by atoms with Crippen molar-refractivity contribution in [3.8, 4) is 0 Å². The van der Waals surface area contributed by atoms with E-state index >= 15 is 0 Å². The van der Waals surface area contributed by atoms with Gasteiger partial charge in [0.2, 0.25) is 0 Å². The van der Waals surface area contributed by atoms with Crippen LogP contribution in [0.4, 0.5) is 0 Å². The highest BCUT2D eigenvalue weighted by Crippen LogP contribution is 2.16. The monoisotopic (exact) mass is 358 g/mol. The molecule has 0 aliphatic carbocycles. The lowest BCUT2D eigenvalue weighted by molar-refractivity contribution is 0.547. The van der Waals surface area contributed by atoms with E-state index in [-0.39, 0.29) is 0 Å². The molecule has 2 heteroatoms. The Labute approximate surface area is 121 Å². The average Bonchev–Trinajstić information content (AvgIpc) is 2.25. The molecule has 0 aromatic rings. The van der Waals surface area contributed by atoms with E-state index in [0.29, 0.717) is 3.38 Å². The van der Waals surface area contributed by atoms with Crippen LogP contribution < -0.4 is 0 Å². The van der Waals surface area contributed by atoms with Gasteiger partial charge >= 0.3 is 0 Å². The molecule has 0 spiro atoms. The van der Waals surface area contributed by atoms with Crippen molar-refractivity contribution in [2.45, 2.75) is 87.4 Å². The van der Waals surface area contributed by atoms with Crippen LogP contribution in [0.5, 0.6) is 0 Å². The summed E-state index contributed by atoms with van der Waals surface area (Å²) in [5.41, 5.74) is 0. The second-order valence-corrected chi connectivity index (χ2v) is 7.48. The molecule has 0 aliphatic heterocycles. The Morgan fingerprint density at radius 2 is 1.12 bits per heavy atom. The Kier molecular flexibility index (Phi) is 15.0. The fourth-order valence-corrected chi connectivity index (χ4v) is 2.56. The molecule has 0 nitrogen and oxygen atoms in total. The van der Waals surface area contributed by atoms with Crippen LogP contribution in [-0.4, -0.2) is 3.38 Å². The molecule has 16 heavy (non-hydrogen) atoms. The van der Waals surface area contributed by atoms with Crippen molar-refractivity contribution in [1.29, 1.82) is 0 Å². The summed E-state index contributed by atoms with van der Waals surface area (Å²) in [5, 5.41) is 0. The van der Waals surface area contributed by atoms with Gasteiger partial charge in [0.25, 0.3) is 0 Å². The van der Waals surface area contributed by atoms with Crippen LogP contribution in [0.1, 0.15) is 84.0 Å². The van der Waals surface area contributed by atoms with Crippen LogP contribution in [0.25, 0.3) is 0 Å². The minimum atomic E-state index is 0.344. The molecule has 0 fully saturated rings. The van der Waals surface area contributed by atoms with Crippen LogP contribution >= 0.6 is 34.2 Å². The highest BCUT2D eigenvalue weighted by Gasteiger charge is 1.97. The highest BCUT2D eigenvalue weighted by molar-refractivity contribution is 14.1. The van der Waals surface area contributed by atoms with Crippen molar-refractivity contribution >= 4 is 34.2 Å². The third-order valence-corrected chi connectivity index (χ3v) is 3.87. The number of unbranched alkanes of at least 4 members (excludes halogenated alkanes) is 10. The van der Waals surface area contributed by atoms with E-state index in [1.165, 1.54) is 77.0 Å². The van der Waals surface area contributed by atoms with Crippen molar-refractivity contribution in [1.82, 2.24) is 0 Å². The van der Waals surface area contributed by atoms with Crippen molar-refractivity contribution in [3.63, 3.8) is 0 Å². The molecule has 98 valence electrons. The summed E-state index contributed by atoms with van der Waals surface area (Å²) in [5.74, 6) is 0. The fourth-order valence-electron chi connectivity index (χ4n) is 1.96. The molecule has 1 atom stereocenters. The lowest BCUT2D eigenvalue weighted by Crippen LogP contribution is -1.86. The average molecular weight is 359 g/mol. The molecule has 0 saturated carbocycles.